The summed E-state index contributed by atoms with van der Waals surface area (Å²) in [5.74, 6) is 0.390. The van der Waals surface area contributed by atoms with Crippen LogP contribution in [0, 0.1) is 10.1 Å². The van der Waals surface area contributed by atoms with Gasteiger partial charge in [-0.05, 0) is 43.7 Å². The van der Waals surface area contributed by atoms with Gasteiger partial charge in [-0.2, -0.15) is 0 Å². The average Bonchev–Trinajstić information content (AvgIpc) is 3.31. The lowest BCUT2D eigenvalue weighted by Crippen LogP contribution is -2.33. The molecule has 0 spiro atoms. The lowest BCUT2D eigenvalue weighted by molar-refractivity contribution is -0.385. The van der Waals surface area contributed by atoms with E-state index in [1.807, 2.05) is 12.1 Å². The number of carbonyl (C=O) groups excluding carboxylic acids is 1. The number of rotatable bonds is 7. The minimum absolute atomic E-state index is 0.104. The molecule has 2 aromatic rings. The maximum Gasteiger partial charge on any atom is 0.338 e. The van der Waals surface area contributed by atoms with Gasteiger partial charge >= 0.3 is 11.7 Å². The molecule has 0 bridgehead atoms. The second kappa shape index (κ2) is 8.01. The molecular formula is C18H20N2O6. The summed E-state index contributed by atoms with van der Waals surface area (Å²) in [6.07, 6.45) is 3.59. The van der Waals surface area contributed by atoms with Crippen LogP contribution >= 0.6 is 0 Å². The van der Waals surface area contributed by atoms with Crippen molar-refractivity contribution in [1.29, 1.82) is 0 Å². The van der Waals surface area contributed by atoms with Crippen molar-refractivity contribution in [2.45, 2.75) is 25.4 Å². The number of hydrogen-bond acceptors (Lipinski definition) is 7. The molecule has 0 N–H and O–H groups in total. The number of hydrogen-bond donors (Lipinski definition) is 0. The summed E-state index contributed by atoms with van der Waals surface area (Å²) in [6, 6.07) is 7.90. The van der Waals surface area contributed by atoms with E-state index in [9.17, 15) is 14.9 Å². The van der Waals surface area contributed by atoms with Gasteiger partial charge in [-0.3, -0.25) is 15.0 Å². The number of carbonyl (C=O) groups is 1. The summed E-state index contributed by atoms with van der Waals surface area (Å²) < 4.78 is 15.7. The molecule has 8 nitrogen and oxygen atoms in total. The predicted octanol–water partition coefficient (Wildman–Crippen LogP) is 3.02. The van der Waals surface area contributed by atoms with Gasteiger partial charge in [0.25, 0.3) is 0 Å². The molecule has 26 heavy (non-hydrogen) atoms. The molecule has 0 unspecified atom stereocenters. The van der Waals surface area contributed by atoms with Crippen molar-refractivity contribution < 1.29 is 23.6 Å². The number of nitro benzene ring substituents is 1. The molecule has 3 rings (SSSR count). The van der Waals surface area contributed by atoms with Crippen molar-refractivity contribution in [2.75, 3.05) is 20.3 Å². The molecule has 0 amide bonds. The number of benzene rings is 1. The van der Waals surface area contributed by atoms with Gasteiger partial charge in [-0.1, -0.05) is 0 Å². The Balaban J connectivity index is 1.61. The van der Waals surface area contributed by atoms with Crippen molar-refractivity contribution in [2.24, 2.45) is 0 Å². The molecular weight excluding hydrogens is 340 g/mol. The number of nitrogens with zero attached hydrogens (tertiary/aromatic N) is 2. The van der Waals surface area contributed by atoms with Crippen LogP contribution in [0.2, 0.25) is 0 Å². The zero-order chi connectivity index (χ0) is 18.5. The van der Waals surface area contributed by atoms with E-state index in [4.69, 9.17) is 13.9 Å². The van der Waals surface area contributed by atoms with Crippen LogP contribution in [0.5, 0.6) is 5.75 Å². The van der Waals surface area contributed by atoms with Gasteiger partial charge in [-0.25, -0.2) is 4.79 Å². The monoisotopic (exact) mass is 360 g/mol. The minimum atomic E-state index is -0.586. The van der Waals surface area contributed by atoms with Gasteiger partial charge < -0.3 is 13.9 Å². The Labute approximate surface area is 150 Å². The first kappa shape index (κ1) is 17.9. The fraction of sp³-hybridized carbons (Fsp3) is 0.389. The molecule has 1 aliphatic heterocycles. The van der Waals surface area contributed by atoms with Crippen molar-refractivity contribution in [3.05, 3.63) is 58.0 Å². The van der Waals surface area contributed by atoms with Crippen molar-refractivity contribution in [3.63, 3.8) is 0 Å². The number of nitro groups is 1. The molecule has 1 atom stereocenters. The first-order valence-corrected chi connectivity index (χ1v) is 8.34. The smallest absolute Gasteiger partial charge is 0.338 e. The second-order valence-electron chi connectivity index (χ2n) is 6.09. The molecule has 0 saturated carbocycles. The lowest BCUT2D eigenvalue weighted by Gasteiger charge is -2.23. The topological polar surface area (TPSA) is 95.1 Å². The summed E-state index contributed by atoms with van der Waals surface area (Å²) >= 11 is 0. The van der Waals surface area contributed by atoms with Crippen LogP contribution in [0.3, 0.4) is 0 Å². The van der Waals surface area contributed by atoms with Crippen molar-refractivity contribution in [1.82, 2.24) is 4.90 Å². The van der Waals surface area contributed by atoms with Crippen LogP contribution in [0.4, 0.5) is 5.69 Å². The molecule has 0 aliphatic carbocycles. The van der Waals surface area contributed by atoms with Gasteiger partial charge in [0.2, 0.25) is 0 Å². The van der Waals surface area contributed by atoms with Crippen LogP contribution in [0.25, 0.3) is 0 Å². The Morgan fingerprint density at radius 3 is 2.96 bits per heavy atom. The number of furan rings is 1. The normalized spacial score (nSPS) is 17.2. The summed E-state index contributed by atoms with van der Waals surface area (Å²) in [5.41, 5.74) is -0.129. The van der Waals surface area contributed by atoms with Gasteiger partial charge in [0.15, 0.2) is 5.75 Å². The average molecular weight is 360 g/mol. The first-order chi connectivity index (χ1) is 12.6. The molecule has 2 heterocycles. The van der Waals surface area contributed by atoms with E-state index in [0.29, 0.717) is 6.54 Å². The zero-order valence-corrected chi connectivity index (χ0v) is 14.4. The third kappa shape index (κ3) is 4.02. The molecule has 1 aromatic carbocycles. The Morgan fingerprint density at radius 2 is 2.27 bits per heavy atom. The Bertz CT molecular complexity index is 774. The maximum atomic E-state index is 12.3. The summed E-state index contributed by atoms with van der Waals surface area (Å²) in [6.45, 7) is 1.82. The van der Waals surface area contributed by atoms with E-state index >= 15 is 0 Å². The van der Waals surface area contributed by atoms with Crippen molar-refractivity contribution >= 4 is 11.7 Å². The van der Waals surface area contributed by atoms with Gasteiger partial charge in [0.1, 0.15) is 12.4 Å². The van der Waals surface area contributed by atoms with E-state index in [1.165, 1.54) is 25.3 Å². The number of methoxy groups -OCH3 is 1. The maximum absolute atomic E-state index is 12.3. The predicted molar refractivity (Wildman–Crippen MR) is 92.1 cm³/mol. The van der Waals surface area contributed by atoms with Gasteiger partial charge in [-0.15, -0.1) is 0 Å². The van der Waals surface area contributed by atoms with E-state index in [0.717, 1.165) is 25.1 Å². The Kier molecular flexibility index (Phi) is 5.52. The highest BCUT2D eigenvalue weighted by molar-refractivity contribution is 5.90. The molecule has 1 fully saturated rings. The molecule has 1 aromatic heterocycles. The summed E-state index contributed by atoms with van der Waals surface area (Å²) in [5, 5.41) is 11.1. The van der Waals surface area contributed by atoms with E-state index < -0.39 is 10.9 Å². The molecule has 1 aliphatic rings. The van der Waals surface area contributed by atoms with Crippen LogP contribution in [-0.4, -0.2) is 42.1 Å². The van der Waals surface area contributed by atoms with Crippen LogP contribution in [0.15, 0.2) is 41.0 Å². The van der Waals surface area contributed by atoms with Gasteiger partial charge in [0, 0.05) is 12.1 Å². The number of esters is 1. The van der Waals surface area contributed by atoms with Gasteiger partial charge in [0.05, 0.1) is 30.4 Å². The fourth-order valence-corrected chi connectivity index (χ4v) is 3.11. The minimum Gasteiger partial charge on any atom is -0.490 e. The third-order valence-corrected chi connectivity index (χ3v) is 4.46. The molecule has 0 radical (unpaired) electrons. The summed E-state index contributed by atoms with van der Waals surface area (Å²) in [4.78, 5) is 25.0. The summed E-state index contributed by atoms with van der Waals surface area (Å²) in [7, 11) is 1.34. The first-order valence-electron chi connectivity index (χ1n) is 8.34. The largest absolute Gasteiger partial charge is 0.490 e. The lowest BCUT2D eigenvalue weighted by atomic mass is 10.2. The fourth-order valence-electron chi connectivity index (χ4n) is 3.11. The van der Waals surface area contributed by atoms with E-state index in [-0.39, 0.29) is 29.6 Å². The standard InChI is InChI=1S/C18H20N2O6/c1-24-17-7-6-13(10-16(17)20(22)23)18(21)26-12-14-4-2-8-19(14)11-15-5-3-9-25-15/h3,5-7,9-10,14H,2,4,8,11-12H2,1H3/t14-/m1/s1. The highest BCUT2D eigenvalue weighted by atomic mass is 16.6. The SMILES string of the molecule is COc1ccc(C(=O)OC[C@H]2CCCN2Cc2ccco2)cc1[N+](=O)[O-]. The Morgan fingerprint density at radius 1 is 1.42 bits per heavy atom. The van der Waals surface area contributed by atoms with Crippen LogP contribution < -0.4 is 4.74 Å². The number of likely N-dealkylation sites (tertiary alicyclic amines) is 1. The van der Waals surface area contributed by atoms with Crippen LogP contribution in [0.1, 0.15) is 29.0 Å². The molecule has 8 heteroatoms. The second-order valence-corrected chi connectivity index (χ2v) is 6.09. The molecule has 138 valence electrons. The third-order valence-electron chi connectivity index (χ3n) is 4.46. The highest BCUT2D eigenvalue weighted by Crippen LogP contribution is 2.28. The van der Waals surface area contributed by atoms with Crippen LogP contribution in [-0.2, 0) is 11.3 Å². The highest BCUT2D eigenvalue weighted by Gasteiger charge is 2.27. The zero-order valence-electron chi connectivity index (χ0n) is 14.4. The van der Waals surface area contributed by atoms with E-state index in [1.54, 1.807) is 6.26 Å². The van der Waals surface area contributed by atoms with E-state index in [2.05, 4.69) is 4.90 Å². The molecule has 1 saturated heterocycles. The van der Waals surface area contributed by atoms with Crippen molar-refractivity contribution in [3.8, 4) is 5.75 Å². The Hall–Kier alpha value is -2.87. The quantitative estimate of drug-likeness (QED) is 0.425. The number of ether oxygens (including phenoxy) is 2.